The van der Waals surface area contributed by atoms with Gasteiger partial charge >= 0.3 is 5.97 Å². The zero-order chi connectivity index (χ0) is 15.0. The summed E-state index contributed by atoms with van der Waals surface area (Å²) in [6.07, 6.45) is 0.867. The van der Waals surface area contributed by atoms with Gasteiger partial charge in [-0.15, -0.1) is 0 Å². The number of nitrogens with one attached hydrogen (secondary N) is 1. The SMILES string of the molecule is CC1(C)CCSCC1(Nc1ccc(Cl)c(Br)c1)C(=O)O. The Balaban J connectivity index is 2.38. The van der Waals surface area contributed by atoms with Gasteiger partial charge in [-0.25, -0.2) is 4.79 Å². The maximum absolute atomic E-state index is 11.9. The van der Waals surface area contributed by atoms with E-state index in [4.69, 9.17) is 11.6 Å². The number of carboxylic acids is 1. The molecule has 0 radical (unpaired) electrons. The minimum atomic E-state index is -0.969. The molecule has 1 saturated heterocycles. The average Bonchev–Trinajstić information content (AvgIpc) is 2.36. The first-order valence-electron chi connectivity index (χ1n) is 6.33. The number of halogens is 2. The van der Waals surface area contributed by atoms with Crippen molar-refractivity contribution in [2.24, 2.45) is 5.41 Å². The van der Waals surface area contributed by atoms with Gasteiger partial charge in [-0.3, -0.25) is 0 Å². The Labute approximate surface area is 136 Å². The lowest BCUT2D eigenvalue weighted by Crippen LogP contribution is -2.61. The van der Waals surface area contributed by atoms with Gasteiger partial charge in [-0.2, -0.15) is 11.8 Å². The van der Waals surface area contributed by atoms with Crippen molar-refractivity contribution in [2.75, 3.05) is 16.8 Å². The molecule has 110 valence electrons. The molecule has 1 aromatic rings. The molecule has 6 heteroatoms. The lowest BCUT2D eigenvalue weighted by atomic mass is 9.70. The Bertz CT molecular complexity index is 538. The Morgan fingerprint density at radius 3 is 2.75 bits per heavy atom. The van der Waals surface area contributed by atoms with Gasteiger partial charge in [0.05, 0.1) is 5.02 Å². The highest BCUT2D eigenvalue weighted by Crippen LogP contribution is 2.45. The standard InChI is InChI=1S/C14H17BrClNO2S/c1-13(2)5-6-20-8-14(13,12(18)19)17-9-3-4-11(16)10(15)7-9/h3-4,7,17H,5-6,8H2,1-2H3,(H,18,19). The van der Waals surface area contributed by atoms with Crippen molar-refractivity contribution in [3.63, 3.8) is 0 Å². The van der Waals surface area contributed by atoms with Gasteiger partial charge in [0.25, 0.3) is 0 Å². The molecule has 2 rings (SSSR count). The summed E-state index contributed by atoms with van der Waals surface area (Å²) in [4.78, 5) is 11.9. The summed E-state index contributed by atoms with van der Waals surface area (Å²) in [7, 11) is 0. The zero-order valence-electron chi connectivity index (χ0n) is 11.4. The number of hydrogen-bond acceptors (Lipinski definition) is 3. The molecule has 0 aromatic heterocycles. The van der Waals surface area contributed by atoms with E-state index in [0.29, 0.717) is 10.8 Å². The van der Waals surface area contributed by atoms with Crippen molar-refractivity contribution >= 4 is 50.9 Å². The molecular weight excluding hydrogens is 362 g/mol. The molecule has 1 aliphatic rings. The first-order valence-corrected chi connectivity index (χ1v) is 8.65. The molecule has 1 atom stereocenters. The number of thioether (sulfide) groups is 1. The third-order valence-electron chi connectivity index (χ3n) is 3.99. The fourth-order valence-electron chi connectivity index (χ4n) is 2.39. The van der Waals surface area contributed by atoms with Crippen molar-refractivity contribution in [1.29, 1.82) is 0 Å². The lowest BCUT2D eigenvalue weighted by molar-refractivity contribution is -0.145. The van der Waals surface area contributed by atoms with E-state index >= 15 is 0 Å². The Morgan fingerprint density at radius 1 is 1.50 bits per heavy atom. The van der Waals surface area contributed by atoms with E-state index in [9.17, 15) is 9.90 Å². The minimum Gasteiger partial charge on any atom is -0.479 e. The molecule has 0 aliphatic carbocycles. The fourth-order valence-corrected chi connectivity index (χ4v) is 4.58. The number of rotatable bonds is 3. The van der Waals surface area contributed by atoms with Crippen molar-refractivity contribution < 1.29 is 9.90 Å². The molecule has 1 aromatic carbocycles. The first kappa shape index (κ1) is 16.0. The molecule has 1 fully saturated rings. The molecule has 0 spiro atoms. The van der Waals surface area contributed by atoms with E-state index < -0.39 is 11.5 Å². The van der Waals surface area contributed by atoms with Crippen LogP contribution in [-0.2, 0) is 4.79 Å². The van der Waals surface area contributed by atoms with Crippen LogP contribution in [0, 0.1) is 5.41 Å². The monoisotopic (exact) mass is 377 g/mol. The van der Waals surface area contributed by atoms with Crippen LogP contribution in [0.15, 0.2) is 22.7 Å². The van der Waals surface area contributed by atoms with Crippen LogP contribution in [0.2, 0.25) is 5.02 Å². The highest BCUT2D eigenvalue weighted by Gasteiger charge is 2.53. The number of hydrogen-bond donors (Lipinski definition) is 2. The summed E-state index contributed by atoms with van der Waals surface area (Å²) in [5.74, 6) is 0.740. The molecule has 20 heavy (non-hydrogen) atoms. The first-order chi connectivity index (χ1) is 9.28. The van der Waals surface area contributed by atoms with Crippen LogP contribution >= 0.6 is 39.3 Å². The molecule has 3 nitrogen and oxygen atoms in total. The van der Waals surface area contributed by atoms with Crippen LogP contribution in [-0.4, -0.2) is 28.1 Å². The van der Waals surface area contributed by atoms with Crippen molar-refractivity contribution in [3.8, 4) is 0 Å². The summed E-state index contributed by atoms with van der Waals surface area (Å²) < 4.78 is 0.756. The van der Waals surface area contributed by atoms with Gasteiger partial charge in [0.1, 0.15) is 5.54 Å². The Kier molecular flexibility index (Phi) is 4.62. The predicted octanol–water partition coefficient (Wildman–Crippen LogP) is 4.50. The van der Waals surface area contributed by atoms with Gasteiger partial charge in [-0.05, 0) is 46.3 Å². The molecule has 0 amide bonds. The van der Waals surface area contributed by atoms with E-state index in [-0.39, 0.29) is 5.41 Å². The largest absolute Gasteiger partial charge is 0.479 e. The van der Waals surface area contributed by atoms with Crippen LogP contribution in [0.25, 0.3) is 0 Å². The van der Waals surface area contributed by atoms with Crippen LogP contribution in [0.1, 0.15) is 20.3 Å². The van der Waals surface area contributed by atoms with Gasteiger partial charge in [0, 0.05) is 21.3 Å². The van der Waals surface area contributed by atoms with Crippen molar-refractivity contribution in [3.05, 3.63) is 27.7 Å². The van der Waals surface area contributed by atoms with Crippen LogP contribution < -0.4 is 5.32 Å². The van der Waals surface area contributed by atoms with Crippen LogP contribution in [0.5, 0.6) is 0 Å². The third-order valence-corrected chi connectivity index (χ3v) is 6.33. The molecule has 1 heterocycles. The molecule has 1 aliphatic heterocycles. The molecule has 0 saturated carbocycles. The summed E-state index contributed by atoms with van der Waals surface area (Å²) in [5, 5.41) is 13.6. The van der Waals surface area contributed by atoms with E-state index in [2.05, 4.69) is 21.2 Å². The Hall–Kier alpha value is -0.390. The van der Waals surface area contributed by atoms with E-state index in [1.807, 2.05) is 26.0 Å². The van der Waals surface area contributed by atoms with Gasteiger partial charge < -0.3 is 10.4 Å². The maximum Gasteiger partial charge on any atom is 0.330 e. The number of aliphatic carboxylic acids is 1. The van der Waals surface area contributed by atoms with Gasteiger partial charge in [0.2, 0.25) is 0 Å². The topological polar surface area (TPSA) is 49.3 Å². The van der Waals surface area contributed by atoms with E-state index in [1.165, 1.54) is 0 Å². The van der Waals surface area contributed by atoms with Gasteiger partial charge in [-0.1, -0.05) is 25.4 Å². The number of anilines is 1. The fraction of sp³-hybridized carbons (Fsp3) is 0.500. The molecular formula is C14H17BrClNO2S. The summed E-state index contributed by atoms with van der Waals surface area (Å²) in [6, 6.07) is 5.39. The lowest BCUT2D eigenvalue weighted by Gasteiger charge is -2.47. The quantitative estimate of drug-likeness (QED) is 0.813. The molecule has 1 unspecified atom stereocenters. The number of carbonyl (C=O) groups is 1. The highest BCUT2D eigenvalue weighted by molar-refractivity contribution is 9.10. The average molecular weight is 379 g/mol. The summed E-state index contributed by atoms with van der Waals surface area (Å²) in [6.45, 7) is 4.03. The maximum atomic E-state index is 11.9. The van der Waals surface area contributed by atoms with E-state index in [1.54, 1.807) is 17.8 Å². The third kappa shape index (κ3) is 2.81. The smallest absolute Gasteiger partial charge is 0.330 e. The van der Waals surface area contributed by atoms with Gasteiger partial charge in [0.15, 0.2) is 0 Å². The summed E-state index contributed by atoms with van der Waals surface area (Å²) >= 11 is 11.0. The van der Waals surface area contributed by atoms with E-state index in [0.717, 1.165) is 22.3 Å². The zero-order valence-corrected chi connectivity index (χ0v) is 14.5. The van der Waals surface area contributed by atoms with Crippen molar-refractivity contribution in [1.82, 2.24) is 0 Å². The van der Waals surface area contributed by atoms with Crippen LogP contribution in [0.4, 0.5) is 5.69 Å². The highest BCUT2D eigenvalue weighted by atomic mass is 79.9. The van der Waals surface area contributed by atoms with Crippen molar-refractivity contribution in [2.45, 2.75) is 25.8 Å². The molecule has 2 N–H and O–H groups in total. The number of benzene rings is 1. The number of carboxylic acid groups (broad SMARTS) is 1. The normalized spacial score (nSPS) is 25.2. The second-order valence-electron chi connectivity index (χ2n) is 5.65. The Morgan fingerprint density at radius 2 is 2.20 bits per heavy atom. The predicted molar refractivity (Wildman–Crippen MR) is 88.9 cm³/mol. The minimum absolute atomic E-state index is 0.323. The van der Waals surface area contributed by atoms with Crippen LogP contribution in [0.3, 0.4) is 0 Å². The summed E-state index contributed by atoms with van der Waals surface area (Å²) in [5.41, 5.74) is -0.529. The second-order valence-corrected chi connectivity index (χ2v) is 8.02. The molecule has 0 bridgehead atoms. The second kappa shape index (κ2) is 5.78.